The highest BCUT2D eigenvalue weighted by molar-refractivity contribution is 5.96. The summed E-state index contributed by atoms with van der Waals surface area (Å²) in [5.41, 5.74) is 0.778. The molecule has 116 valence electrons. The topological polar surface area (TPSA) is 46.6 Å². The standard InChI is InChI=1S/C16H22FNO3/c1-5-21-15(19)10-18(9-11(2)3)16(20)13-8-12(4)6-7-14(13)17/h6-8,11H,5,9-10H2,1-4H3. The highest BCUT2D eigenvalue weighted by Gasteiger charge is 2.23. The zero-order chi connectivity index (χ0) is 16.0. The van der Waals surface area contributed by atoms with E-state index < -0.39 is 17.7 Å². The van der Waals surface area contributed by atoms with E-state index in [2.05, 4.69) is 0 Å². The van der Waals surface area contributed by atoms with Crippen molar-refractivity contribution in [1.29, 1.82) is 0 Å². The van der Waals surface area contributed by atoms with Gasteiger partial charge in [0.25, 0.3) is 5.91 Å². The summed E-state index contributed by atoms with van der Waals surface area (Å²) in [5.74, 6) is -1.39. The molecule has 1 aromatic rings. The van der Waals surface area contributed by atoms with Crippen LogP contribution in [-0.2, 0) is 9.53 Å². The molecule has 0 saturated heterocycles. The van der Waals surface area contributed by atoms with Gasteiger partial charge in [-0.15, -0.1) is 0 Å². The van der Waals surface area contributed by atoms with Gasteiger partial charge in [0.2, 0.25) is 0 Å². The van der Waals surface area contributed by atoms with Crippen LogP contribution in [0.4, 0.5) is 4.39 Å². The molecule has 5 heteroatoms. The van der Waals surface area contributed by atoms with E-state index in [0.29, 0.717) is 6.54 Å². The minimum atomic E-state index is -0.580. The lowest BCUT2D eigenvalue weighted by Gasteiger charge is -2.24. The lowest BCUT2D eigenvalue weighted by atomic mass is 10.1. The fourth-order valence-electron chi connectivity index (χ4n) is 2.00. The molecule has 0 saturated carbocycles. The normalized spacial score (nSPS) is 10.6. The molecule has 0 N–H and O–H groups in total. The first-order chi connectivity index (χ1) is 9.85. The Morgan fingerprint density at radius 2 is 2.00 bits per heavy atom. The van der Waals surface area contributed by atoms with Gasteiger partial charge in [-0.05, 0) is 31.9 Å². The molecule has 1 rings (SSSR count). The molecule has 4 nitrogen and oxygen atoms in total. The number of benzene rings is 1. The maximum Gasteiger partial charge on any atom is 0.325 e. The molecule has 0 radical (unpaired) electrons. The van der Waals surface area contributed by atoms with Crippen LogP contribution in [0.15, 0.2) is 18.2 Å². The first kappa shape index (κ1) is 17.1. The van der Waals surface area contributed by atoms with Gasteiger partial charge in [-0.25, -0.2) is 4.39 Å². The van der Waals surface area contributed by atoms with Crippen LogP contribution in [0.5, 0.6) is 0 Å². The van der Waals surface area contributed by atoms with Gasteiger partial charge in [0.05, 0.1) is 12.2 Å². The number of aryl methyl sites for hydroxylation is 1. The van der Waals surface area contributed by atoms with Crippen molar-refractivity contribution in [2.24, 2.45) is 5.92 Å². The maximum atomic E-state index is 13.8. The molecule has 0 aliphatic carbocycles. The number of nitrogens with zero attached hydrogens (tertiary/aromatic N) is 1. The average molecular weight is 295 g/mol. The van der Waals surface area contributed by atoms with Gasteiger partial charge in [-0.2, -0.15) is 0 Å². The van der Waals surface area contributed by atoms with E-state index >= 15 is 0 Å². The van der Waals surface area contributed by atoms with Crippen molar-refractivity contribution in [2.45, 2.75) is 27.7 Å². The summed E-state index contributed by atoms with van der Waals surface area (Å²) in [7, 11) is 0. The number of hydrogen-bond donors (Lipinski definition) is 0. The molecule has 0 aliphatic rings. The van der Waals surface area contributed by atoms with Crippen molar-refractivity contribution in [3.8, 4) is 0 Å². The van der Waals surface area contributed by atoms with Gasteiger partial charge in [-0.1, -0.05) is 25.5 Å². The van der Waals surface area contributed by atoms with E-state index in [0.717, 1.165) is 5.56 Å². The molecule has 0 heterocycles. The van der Waals surface area contributed by atoms with Crippen LogP contribution in [0, 0.1) is 18.7 Å². The summed E-state index contributed by atoms with van der Waals surface area (Å²) in [6, 6.07) is 4.36. The van der Waals surface area contributed by atoms with Crippen molar-refractivity contribution >= 4 is 11.9 Å². The largest absolute Gasteiger partial charge is 0.465 e. The van der Waals surface area contributed by atoms with Crippen molar-refractivity contribution in [1.82, 2.24) is 4.90 Å². The van der Waals surface area contributed by atoms with Crippen LogP contribution in [0.3, 0.4) is 0 Å². The Kier molecular flexibility index (Phi) is 6.34. The molecule has 0 unspecified atom stereocenters. The van der Waals surface area contributed by atoms with Crippen LogP contribution in [0.2, 0.25) is 0 Å². The Balaban J connectivity index is 2.98. The Morgan fingerprint density at radius 3 is 2.57 bits per heavy atom. The summed E-state index contributed by atoms with van der Waals surface area (Å²) < 4.78 is 18.7. The van der Waals surface area contributed by atoms with E-state index in [-0.39, 0.29) is 24.6 Å². The van der Waals surface area contributed by atoms with Crippen LogP contribution in [0.25, 0.3) is 0 Å². The second kappa shape index (κ2) is 7.76. The molecule has 1 amide bonds. The quantitative estimate of drug-likeness (QED) is 0.758. The zero-order valence-corrected chi connectivity index (χ0v) is 13.0. The number of amides is 1. The van der Waals surface area contributed by atoms with Gasteiger partial charge in [-0.3, -0.25) is 9.59 Å². The van der Waals surface area contributed by atoms with Crippen LogP contribution in [0.1, 0.15) is 36.7 Å². The first-order valence-electron chi connectivity index (χ1n) is 7.06. The van der Waals surface area contributed by atoms with E-state index in [9.17, 15) is 14.0 Å². The minimum Gasteiger partial charge on any atom is -0.465 e. The zero-order valence-electron chi connectivity index (χ0n) is 13.0. The second-order valence-corrected chi connectivity index (χ2v) is 5.37. The Labute approximate surface area is 124 Å². The predicted octanol–water partition coefficient (Wildman–Crippen LogP) is 2.80. The van der Waals surface area contributed by atoms with Gasteiger partial charge < -0.3 is 9.64 Å². The minimum absolute atomic E-state index is 0.0139. The number of carbonyl (C=O) groups is 2. The monoisotopic (exact) mass is 295 g/mol. The number of carbonyl (C=O) groups excluding carboxylic acids is 2. The van der Waals surface area contributed by atoms with Crippen molar-refractivity contribution in [2.75, 3.05) is 19.7 Å². The Morgan fingerprint density at radius 1 is 1.33 bits per heavy atom. The second-order valence-electron chi connectivity index (χ2n) is 5.37. The number of esters is 1. The van der Waals surface area contributed by atoms with E-state index in [1.165, 1.54) is 17.0 Å². The summed E-state index contributed by atoms with van der Waals surface area (Å²) in [6.07, 6.45) is 0. The van der Waals surface area contributed by atoms with E-state index in [4.69, 9.17) is 4.74 Å². The molecule has 0 aromatic heterocycles. The highest BCUT2D eigenvalue weighted by atomic mass is 19.1. The van der Waals surface area contributed by atoms with Gasteiger partial charge in [0.15, 0.2) is 0 Å². The van der Waals surface area contributed by atoms with E-state index in [1.54, 1.807) is 19.9 Å². The smallest absolute Gasteiger partial charge is 0.325 e. The summed E-state index contributed by atoms with van der Waals surface area (Å²) in [6.45, 7) is 7.79. The third-order valence-electron chi connectivity index (χ3n) is 2.85. The average Bonchev–Trinajstić information content (AvgIpc) is 2.39. The SMILES string of the molecule is CCOC(=O)CN(CC(C)C)C(=O)c1cc(C)ccc1F. The number of halogens is 1. The molecular formula is C16H22FNO3. The third-order valence-corrected chi connectivity index (χ3v) is 2.85. The van der Waals surface area contributed by atoms with Gasteiger partial charge >= 0.3 is 5.97 Å². The molecular weight excluding hydrogens is 273 g/mol. The fraction of sp³-hybridized carbons (Fsp3) is 0.500. The summed E-state index contributed by atoms with van der Waals surface area (Å²) in [5, 5.41) is 0. The molecule has 21 heavy (non-hydrogen) atoms. The number of hydrogen-bond acceptors (Lipinski definition) is 3. The Hall–Kier alpha value is -1.91. The molecule has 0 atom stereocenters. The lowest BCUT2D eigenvalue weighted by Crippen LogP contribution is -2.39. The third kappa shape index (κ3) is 5.17. The molecule has 0 spiro atoms. The fourth-order valence-corrected chi connectivity index (χ4v) is 2.00. The lowest BCUT2D eigenvalue weighted by molar-refractivity contribution is -0.143. The first-order valence-corrected chi connectivity index (χ1v) is 7.06. The van der Waals surface area contributed by atoms with E-state index in [1.807, 2.05) is 13.8 Å². The van der Waals surface area contributed by atoms with Crippen molar-refractivity contribution in [3.63, 3.8) is 0 Å². The predicted molar refractivity (Wildman–Crippen MR) is 78.5 cm³/mol. The van der Waals surface area contributed by atoms with Crippen molar-refractivity contribution < 1.29 is 18.7 Å². The molecule has 1 aromatic carbocycles. The highest BCUT2D eigenvalue weighted by Crippen LogP contribution is 2.14. The van der Waals surface area contributed by atoms with Crippen LogP contribution < -0.4 is 0 Å². The van der Waals surface area contributed by atoms with Gasteiger partial charge in [0, 0.05) is 6.54 Å². The van der Waals surface area contributed by atoms with Crippen LogP contribution >= 0.6 is 0 Å². The van der Waals surface area contributed by atoms with Gasteiger partial charge in [0.1, 0.15) is 12.4 Å². The number of rotatable bonds is 6. The number of ether oxygens (including phenoxy) is 1. The summed E-state index contributed by atoms with van der Waals surface area (Å²) in [4.78, 5) is 25.4. The van der Waals surface area contributed by atoms with Crippen LogP contribution in [-0.4, -0.2) is 36.5 Å². The maximum absolute atomic E-state index is 13.8. The molecule has 0 bridgehead atoms. The van der Waals surface area contributed by atoms with Crippen molar-refractivity contribution in [3.05, 3.63) is 35.1 Å². The summed E-state index contributed by atoms with van der Waals surface area (Å²) >= 11 is 0. The Bertz CT molecular complexity index is 514. The molecule has 0 aliphatic heterocycles. The molecule has 0 fully saturated rings.